The van der Waals surface area contributed by atoms with Crippen LogP contribution in [0.4, 0.5) is 5.82 Å². The number of thioether (sulfide) groups is 1. The molecule has 3 rings (SSSR count). The number of carbonyl (C=O) groups is 1. The molecule has 0 saturated carbocycles. The molecule has 2 N–H and O–H groups in total. The van der Waals surface area contributed by atoms with Gasteiger partial charge in [-0.05, 0) is 38.1 Å². The Morgan fingerprint density at radius 1 is 1.32 bits per heavy atom. The summed E-state index contributed by atoms with van der Waals surface area (Å²) in [5.74, 6) is 3.72. The third kappa shape index (κ3) is 5.08. The topological polar surface area (TPSA) is 110 Å². The number of aryl methyl sites for hydroxylation is 2. The van der Waals surface area contributed by atoms with Gasteiger partial charge >= 0.3 is 0 Å². The summed E-state index contributed by atoms with van der Waals surface area (Å²) in [6.07, 6.45) is 3.92. The van der Waals surface area contributed by atoms with Crippen molar-refractivity contribution in [3.63, 3.8) is 0 Å². The summed E-state index contributed by atoms with van der Waals surface area (Å²) in [7, 11) is 0. The van der Waals surface area contributed by atoms with Crippen molar-refractivity contribution in [1.29, 1.82) is 0 Å². The standard InChI is InChI=1S/C16H17N5O3S/c1-10-3-4-12(23-10)5-6-13-18-16(20-19-13)25-8-7-15(22)17-14-9-11(2)24-21-14/h3-6,9H,7-8H2,1-2H3,(H,17,21,22)(H,18,19,20). The Kier molecular flexibility index (Phi) is 5.34. The van der Waals surface area contributed by atoms with E-state index in [9.17, 15) is 4.79 Å². The normalized spacial score (nSPS) is 11.3. The zero-order valence-electron chi connectivity index (χ0n) is 13.8. The molecular formula is C16H17N5O3S. The molecule has 3 heterocycles. The number of furan rings is 1. The molecule has 0 spiro atoms. The average molecular weight is 359 g/mol. The highest BCUT2D eigenvalue weighted by Crippen LogP contribution is 2.16. The van der Waals surface area contributed by atoms with Crippen LogP contribution in [0.1, 0.15) is 29.5 Å². The van der Waals surface area contributed by atoms with Gasteiger partial charge in [-0.3, -0.25) is 9.89 Å². The summed E-state index contributed by atoms with van der Waals surface area (Å²) in [5.41, 5.74) is 0. The van der Waals surface area contributed by atoms with Gasteiger partial charge in [0, 0.05) is 18.2 Å². The predicted molar refractivity (Wildman–Crippen MR) is 94.0 cm³/mol. The lowest BCUT2D eigenvalue weighted by Crippen LogP contribution is -2.12. The molecule has 0 unspecified atom stereocenters. The number of anilines is 1. The lowest BCUT2D eigenvalue weighted by atomic mass is 10.4. The van der Waals surface area contributed by atoms with Crippen LogP contribution >= 0.6 is 11.8 Å². The Bertz CT molecular complexity index is 880. The van der Waals surface area contributed by atoms with Crippen molar-refractivity contribution in [2.24, 2.45) is 0 Å². The van der Waals surface area contributed by atoms with E-state index >= 15 is 0 Å². The van der Waals surface area contributed by atoms with Gasteiger partial charge < -0.3 is 14.3 Å². The van der Waals surface area contributed by atoms with Crippen LogP contribution in [0.25, 0.3) is 12.2 Å². The van der Waals surface area contributed by atoms with Crippen LogP contribution in [0, 0.1) is 13.8 Å². The summed E-state index contributed by atoms with van der Waals surface area (Å²) < 4.78 is 10.3. The number of aromatic amines is 1. The molecule has 3 aromatic rings. The van der Waals surface area contributed by atoms with Crippen molar-refractivity contribution >= 4 is 35.6 Å². The van der Waals surface area contributed by atoms with Crippen LogP contribution < -0.4 is 5.32 Å². The molecule has 0 atom stereocenters. The van der Waals surface area contributed by atoms with E-state index in [1.54, 1.807) is 19.1 Å². The molecule has 25 heavy (non-hydrogen) atoms. The fourth-order valence-electron chi connectivity index (χ4n) is 1.97. The van der Waals surface area contributed by atoms with E-state index in [1.165, 1.54) is 11.8 Å². The lowest BCUT2D eigenvalue weighted by molar-refractivity contribution is -0.115. The van der Waals surface area contributed by atoms with E-state index in [4.69, 9.17) is 8.94 Å². The maximum Gasteiger partial charge on any atom is 0.226 e. The molecule has 0 fully saturated rings. The Hall–Kier alpha value is -2.81. The first-order valence-electron chi connectivity index (χ1n) is 7.61. The number of carbonyl (C=O) groups excluding carboxylic acids is 1. The van der Waals surface area contributed by atoms with Gasteiger partial charge in [0.15, 0.2) is 5.82 Å². The van der Waals surface area contributed by atoms with E-state index in [0.29, 0.717) is 34.7 Å². The Morgan fingerprint density at radius 2 is 2.20 bits per heavy atom. The van der Waals surface area contributed by atoms with Gasteiger partial charge in [-0.1, -0.05) is 16.9 Å². The van der Waals surface area contributed by atoms with E-state index in [1.807, 2.05) is 25.1 Å². The van der Waals surface area contributed by atoms with Gasteiger partial charge in [-0.15, -0.1) is 5.10 Å². The largest absolute Gasteiger partial charge is 0.462 e. The van der Waals surface area contributed by atoms with Crippen LogP contribution in [0.3, 0.4) is 0 Å². The van der Waals surface area contributed by atoms with Gasteiger partial charge in [0.2, 0.25) is 11.1 Å². The summed E-state index contributed by atoms with van der Waals surface area (Å²) >= 11 is 1.40. The smallest absolute Gasteiger partial charge is 0.226 e. The molecule has 8 nitrogen and oxygen atoms in total. The van der Waals surface area contributed by atoms with Crippen molar-refractivity contribution < 1.29 is 13.7 Å². The van der Waals surface area contributed by atoms with Crippen LogP contribution in [-0.2, 0) is 4.79 Å². The summed E-state index contributed by atoms with van der Waals surface area (Å²) in [4.78, 5) is 16.1. The van der Waals surface area contributed by atoms with Crippen LogP contribution in [-0.4, -0.2) is 32.0 Å². The second-order valence-electron chi connectivity index (χ2n) is 5.25. The second-order valence-corrected chi connectivity index (χ2v) is 6.32. The van der Waals surface area contributed by atoms with Gasteiger partial charge in [0.25, 0.3) is 0 Å². The SMILES string of the molecule is Cc1cc(NC(=O)CCSc2n[nH]c(C=Cc3ccc(C)o3)n2)no1. The maximum absolute atomic E-state index is 11.8. The highest BCUT2D eigenvalue weighted by molar-refractivity contribution is 7.99. The molecule has 0 saturated heterocycles. The fourth-order valence-corrected chi connectivity index (χ4v) is 2.71. The van der Waals surface area contributed by atoms with Crippen LogP contribution in [0.15, 0.2) is 32.3 Å². The fraction of sp³-hybridized carbons (Fsp3) is 0.250. The van der Waals surface area contributed by atoms with E-state index < -0.39 is 0 Å². The Balaban J connectivity index is 1.43. The first kappa shape index (κ1) is 17.0. The summed E-state index contributed by atoms with van der Waals surface area (Å²) in [5, 5.41) is 13.9. The minimum Gasteiger partial charge on any atom is -0.462 e. The lowest BCUT2D eigenvalue weighted by Gasteiger charge is -1.99. The van der Waals surface area contributed by atoms with Crippen LogP contribution in [0.2, 0.25) is 0 Å². The molecule has 0 aliphatic heterocycles. The number of nitrogens with one attached hydrogen (secondary N) is 2. The van der Waals surface area contributed by atoms with Crippen molar-refractivity contribution in [3.05, 3.63) is 41.3 Å². The highest BCUT2D eigenvalue weighted by atomic mass is 32.2. The van der Waals surface area contributed by atoms with Crippen molar-refractivity contribution in [2.45, 2.75) is 25.4 Å². The molecule has 0 aliphatic rings. The first-order chi connectivity index (χ1) is 12.1. The molecule has 130 valence electrons. The zero-order chi connectivity index (χ0) is 17.6. The van der Waals surface area contributed by atoms with Gasteiger partial charge in [-0.2, -0.15) is 0 Å². The number of hydrogen-bond acceptors (Lipinski definition) is 7. The molecule has 0 bridgehead atoms. The number of nitrogens with zero attached hydrogens (tertiary/aromatic N) is 3. The zero-order valence-corrected chi connectivity index (χ0v) is 14.6. The highest BCUT2D eigenvalue weighted by Gasteiger charge is 2.08. The van der Waals surface area contributed by atoms with Gasteiger partial charge in [-0.25, -0.2) is 4.98 Å². The summed E-state index contributed by atoms with van der Waals surface area (Å²) in [6.45, 7) is 3.65. The number of aromatic nitrogens is 4. The minimum absolute atomic E-state index is 0.135. The summed E-state index contributed by atoms with van der Waals surface area (Å²) in [6, 6.07) is 5.44. The van der Waals surface area contributed by atoms with Gasteiger partial charge in [0.1, 0.15) is 23.1 Å². The molecule has 3 aromatic heterocycles. The molecule has 9 heteroatoms. The third-order valence-electron chi connectivity index (χ3n) is 3.10. The van der Waals surface area contributed by atoms with E-state index in [0.717, 1.165) is 11.5 Å². The molecular weight excluding hydrogens is 342 g/mol. The van der Waals surface area contributed by atoms with Crippen molar-refractivity contribution in [2.75, 3.05) is 11.1 Å². The van der Waals surface area contributed by atoms with E-state index in [2.05, 4.69) is 25.7 Å². The number of H-pyrrole nitrogens is 1. The minimum atomic E-state index is -0.135. The van der Waals surface area contributed by atoms with Crippen molar-refractivity contribution in [1.82, 2.24) is 20.3 Å². The molecule has 0 aliphatic carbocycles. The number of hydrogen-bond donors (Lipinski definition) is 2. The predicted octanol–water partition coefficient (Wildman–Crippen LogP) is 3.29. The Morgan fingerprint density at radius 3 is 2.92 bits per heavy atom. The quantitative estimate of drug-likeness (QED) is 0.623. The monoisotopic (exact) mass is 359 g/mol. The molecule has 0 radical (unpaired) electrons. The van der Waals surface area contributed by atoms with E-state index in [-0.39, 0.29) is 5.91 Å². The maximum atomic E-state index is 11.8. The number of amides is 1. The first-order valence-corrected chi connectivity index (χ1v) is 8.60. The Labute approximate surface area is 148 Å². The third-order valence-corrected chi connectivity index (χ3v) is 3.95. The van der Waals surface area contributed by atoms with Gasteiger partial charge in [0.05, 0.1) is 0 Å². The number of rotatable bonds is 7. The van der Waals surface area contributed by atoms with Crippen LogP contribution in [0.5, 0.6) is 0 Å². The molecule has 0 aromatic carbocycles. The molecule has 1 amide bonds. The second kappa shape index (κ2) is 7.84. The van der Waals surface area contributed by atoms with Crippen molar-refractivity contribution in [3.8, 4) is 0 Å². The average Bonchev–Trinajstić information content (AvgIpc) is 3.28.